The van der Waals surface area contributed by atoms with E-state index in [1.165, 1.54) is 7.11 Å². The van der Waals surface area contributed by atoms with Gasteiger partial charge < -0.3 is 14.4 Å². The number of carbonyl (C=O) groups is 2. The maximum Gasteiger partial charge on any atom is 0.410 e. The first-order chi connectivity index (χ1) is 12.3. The van der Waals surface area contributed by atoms with Gasteiger partial charge in [-0.3, -0.25) is 0 Å². The second-order valence-electron chi connectivity index (χ2n) is 7.41. The number of fused-ring (bicyclic) bond motifs is 1. The number of carbonyl (C=O) groups excluding carboxylic acids is 2. The van der Waals surface area contributed by atoms with E-state index in [9.17, 15) is 9.59 Å². The minimum absolute atomic E-state index is 0.114. The largest absolute Gasteiger partial charge is 0.465 e. The number of hydrogen-bond donors (Lipinski definition) is 0. The number of rotatable bonds is 2. The third-order valence-electron chi connectivity index (χ3n) is 4.26. The van der Waals surface area contributed by atoms with Crippen LogP contribution in [0.4, 0.5) is 4.79 Å². The molecule has 1 fully saturated rings. The zero-order valence-electron chi connectivity index (χ0n) is 15.6. The standard InChI is InChI=1S/C18H24N4O4/c1-18(2,3)26-17(24)21-9-7-13(8-10-21)22-19-14-6-5-12(16(23)25-4)11-15(14)20-22/h5-6,11,13H,7-10H2,1-4H3. The topological polar surface area (TPSA) is 86.6 Å². The number of ether oxygens (including phenoxy) is 2. The van der Waals surface area contributed by atoms with Gasteiger partial charge in [0.15, 0.2) is 0 Å². The Hall–Kier alpha value is -2.64. The molecule has 0 bridgehead atoms. The Morgan fingerprint density at radius 1 is 1.12 bits per heavy atom. The molecule has 1 aromatic carbocycles. The first-order valence-corrected chi connectivity index (χ1v) is 8.69. The number of esters is 1. The van der Waals surface area contributed by atoms with Gasteiger partial charge in [-0.15, -0.1) is 0 Å². The highest BCUT2D eigenvalue weighted by Gasteiger charge is 2.28. The zero-order chi connectivity index (χ0) is 18.9. The average Bonchev–Trinajstić information content (AvgIpc) is 3.02. The summed E-state index contributed by atoms with van der Waals surface area (Å²) in [5.41, 5.74) is 1.34. The summed E-state index contributed by atoms with van der Waals surface area (Å²) in [4.78, 5) is 27.2. The highest BCUT2D eigenvalue weighted by atomic mass is 16.6. The molecule has 8 heteroatoms. The predicted molar refractivity (Wildman–Crippen MR) is 94.9 cm³/mol. The Balaban J connectivity index is 1.67. The number of aromatic nitrogens is 3. The molecule has 3 rings (SSSR count). The van der Waals surface area contributed by atoms with Crippen molar-refractivity contribution in [3.8, 4) is 0 Å². The van der Waals surface area contributed by atoms with Gasteiger partial charge in [0.1, 0.15) is 16.6 Å². The summed E-state index contributed by atoms with van der Waals surface area (Å²) in [6, 6.07) is 5.24. The number of hydrogen-bond acceptors (Lipinski definition) is 6. The van der Waals surface area contributed by atoms with Gasteiger partial charge in [-0.05, 0) is 51.8 Å². The molecule has 2 heterocycles. The molecule has 0 radical (unpaired) electrons. The van der Waals surface area contributed by atoms with Crippen LogP contribution in [0, 0.1) is 0 Å². The monoisotopic (exact) mass is 360 g/mol. The lowest BCUT2D eigenvalue weighted by Gasteiger charge is -2.32. The van der Waals surface area contributed by atoms with Crippen molar-refractivity contribution in [3.63, 3.8) is 0 Å². The van der Waals surface area contributed by atoms with Crippen LogP contribution in [0.5, 0.6) is 0 Å². The van der Waals surface area contributed by atoms with Crippen LogP contribution in [0.15, 0.2) is 18.2 Å². The third kappa shape index (κ3) is 3.95. The van der Waals surface area contributed by atoms with E-state index in [0.717, 1.165) is 18.4 Å². The van der Waals surface area contributed by atoms with E-state index in [2.05, 4.69) is 10.2 Å². The Morgan fingerprint density at radius 2 is 1.77 bits per heavy atom. The second kappa shape index (κ2) is 6.93. The number of piperidine rings is 1. The van der Waals surface area contributed by atoms with Gasteiger partial charge in [-0.25, -0.2) is 9.59 Å². The van der Waals surface area contributed by atoms with Crippen molar-refractivity contribution < 1.29 is 19.1 Å². The molecule has 8 nitrogen and oxygen atoms in total. The maximum absolute atomic E-state index is 12.1. The molecule has 1 saturated heterocycles. The number of nitrogens with zero attached hydrogens (tertiary/aromatic N) is 4. The predicted octanol–water partition coefficient (Wildman–Crippen LogP) is 2.79. The molecule has 0 saturated carbocycles. The average molecular weight is 360 g/mol. The molecule has 1 aliphatic rings. The van der Waals surface area contributed by atoms with Crippen molar-refractivity contribution in [2.75, 3.05) is 20.2 Å². The quantitative estimate of drug-likeness (QED) is 0.766. The van der Waals surface area contributed by atoms with Crippen molar-refractivity contribution in [1.29, 1.82) is 0 Å². The van der Waals surface area contributed by atoms with Gasteiger partial charge in [0.05, 0.1) is 18.7 Å². The molecule has 1 amide bonds. The summed E-state index contributed by atoms with van der Waals surface area (Å²) in [7, 11) is 1.35. The third-order valence-corrected chi connectivity index (χ3v) is 4.26. The lowest BCUT2D eigenvalue weighted by Crippen LogP contribution is -2.42. The van der Waals surface area contributed by atoms with Gasteiger partial charge in [0.2, 0.25) is 0 Å². The first kappa shape index (κ1) is 18.2. The van der Waals surface area contributed by atoms with Gasteiger partial charge in [-0.2, -0.15) is 15.0 Å². The molecular weight excluding hydrogens is 336 g/mol. The SMILES string of the molecule is COC(=O)c1ccc2nn(C3CCN(C(=O)OC(C)(C)C)CC3)nc2c1. The van der Waals surface area contributed by atoms with Crippen LogP contribution in [-0.4, -0.2) is 57.8 Å². The molecule has 1 aliphatic heterocycles. The van der Waals surface area contributed by atoms with Crippen molar-refractivity contribution in [1.82, 2.24) is 19.9 Å². The summed E-state index contributed by atoms with van der Waals surface area (Å²) < 4.78 is 10.2. The fourth-order valence-corrected chi connectivity index (χ4v) is 2.95. The zero-order valence-corrected chi connectivity index (χ0v) is 15.6. The lowest BCUT2D eigenvalue weighted by atomic mass is 10.1. The van der Waals surface area contributed by atoms with Crippen LogP contribution in [0.25, 0.3) is 11.0 Å². The number of amides is 1. The molecular formula is C18H24N4O4. The molecule has 2 aromatic rings. The van der Waals surface area contributed by atoms with E-state index in [4.69, 9.17) is 9.47 Å². The van der Waals surface area contributed by atoms with Crippen LogP contribution in [0.1, 0.15) is 50.0 Å². The van der Waals surface area contributed by atoms with Crippen LogP contribution in [0.2, 0.25) is 0 Å². The highest BCUT2D eigenvalue weighted by Crippen LogP contribution is 2.24. The molecule has 0 unspecified atom stereocenters. The van der Waals surface area contributed by atoms with Gasteiger partial charge in [0.25, 0.3) is 0 Å². The Morgan fingerprint density at radius 3 is 2.38 bits per heavy atom. The minimum Gasteiger partial charge on any atom is -0.465 e. The minimum atomic E-state index is -0.494. The highest BCUT2D eigenvalue weighted by molar-refractivity contribution is 5.93. The summed E-state index contributed by atoms with van der Waals surface area (Å²) >= 11 is 0. The van der Waals surface area contributed by atoms with Gasteiger partial charge in [-0.1, -0.05) is 0 Å². The van der Waals surface area contributed by atoms with E-state index in [-0.39, 0.29) is 12.1 Å². The first-order valence-electron chi connectivity index (χ1n) is 8.69. The van der Waals surface area contributed by atoms with Crippen LogP contribution in [-0.2, 0) is 9.47 Å². The number of likely N-dealkylation sites (tertiary alicyclic amines) is 1. The van der Waals surface area contributed by atoms with Crippen LogP contribution < -0.4 is 0 Å². The molecule has 0 aliphatic carbocycles. The second-order valence-corrected chi connectivity index (χ2v) is 7.41. The normalized spacial score (nSPS) is 15.9. The van der Waals surface area contributed by atoms with Crippen molar-refractivity contribution >= 4 is 23.1 Å². The van der Waals surface area contributed by atoms with Crippen molar-refractivity contribution in [3.05, 3.63) is 23.8 Å². The Kier molecular flexibility index (Phi) is 4.84. The van der Waals surface area contributed by atoms with Crippen molar-refractivity contribution in [2.24, 2.45) is 0 Å². The number of methoxy groups -OCH3 is 1. The molecule has 1 aromatic heterocycles. The summed E-state index contributed by atoms with van der Waals surface area (Å²) in [5.74, 6) is -0.396. The van der Waals surface area contributed by atoms with E-state index in [0.29, 0.717) is 24.2 Å². The Labute approximate surface area is 152 Å². The van der Waals surface area contributed by atoms with Gasteiger partial charge >= 0.3 is 12.1 Å². The van der Waals surface area contributed by atoms with E-state index in [1.807, 2.05) is 20.8 Å². The summed E-state index contributed by atoms with van der Waals surface area (Å²) in [6.07, 6.45) is 1.23. The molecule has 0 N–H and O–H groups in total. The molecule has 26 heavy (non-hydrogen) atoms. The fraction of sp³-hybridized carbons (Fsp3) is 0.556. The smallest absolute Gasteiger partial charge is 0.410 e. The molecule has 140 valence electrons. The van der Waals surface area contributed by atoms with E-state index < -0.39 is 11.6 Å². The molecule has 0 atom stereocenters. The van der Waals surface area contributed by atoms with Crippen molar-refractivity contribution in [2.45, 2.75) is 45.3 Å². The number of benzene rings is 1. The molecule has 0 spiro atoms. The lowest BCUT2D eigenvalue weighted by molar-refractivity contribution is 0.0180. The van der Waals surface area contributed by atoms with E-state index >= 15 is 0 Å². The van der Waals surface area contributed by atoms with E-state index in [1.54, 1.807) is 27.9 Å². The van der Waals surface area contributed by atoms with Crippen LogP contribution in [0.3, 0.4) is 0 Å². The fourth-order valence-electron chi connectivity index (χ4n) is 2.95. The summed E-state index contributed by atoms with van der Waals surface area (Å²) in [5, 5.41) is 9.02. The summed E-state index contributed by atoms with van der Waals surface area (Å²) in [6.45, 7) is 6.79. The van der Waals surface area contributed by atoms with Crippen LogP contribution >= 0.6 is 0 Å². The maximum atomic E-state index is 12.1. The Bertz CT molecular complexity index is 816. The van der Waals surface area contributed by atoms with Gasteiger partial charge in [0, 0.05) is 13.1 Å².